The predicted octanol–water partition coefficient (Wildman–Crippen LogP) is 4.98. The van der Waals surface area contributed by atoms with Crippen LogP contribution in [0.5, 0.6) is 11.6 Å². The fourth-order valence-electron chi connectivity index (χ4n) is 3.57. The van der Waals surface area contributed by atoms with Crippen LogP contribution in [-0.2, 0) is 6.54 Å². The van der Waals surface area contributed by atoms with Crippen LogP contribution in [0, 0.1) is 5.82 Å². The number of pyridine rings is 1. The van der Waals surface area contributed by atoms with Gasteiger partial charge in [-0.1, -0.05) is 24.3 Å². The Kier molecular flexibility index (Phi) is 4.67. The molecule has 1 aliphatic rings. The van der Waals surface area contributed by atoms with E-state index in [0.717, 1.165) is 30.8 Å². The number of benzene rings is 2. The van der Waals surface area contributed by atoms with Gasteiger partial charge in [-0.05, 0) is 67.0 Å². The van der Waals surface area contributed by atoms with Crippen molar-refractivity contribution in [1.82, 2.24) is 9.88 Å². The molecule has 132 valence electrons. The van der Waals surface area contributed by atoms with Crippen molar-refractivity contribution in [3.63, 3.8) is 0 Å². The van der Waals surface area contributed by atoms with E-state index >= 15 is 0 Å². The normalized spacial score (nSPS) is 17.4. The minimum atomic E-state index is -0.196. The number of hydrogen-bond donors (Lipinski definition) is 0. The smallest absolute Gasteiger partial charge is 0.219 e. The summed E-state index contributed by atoms with van der Waals surface area (Å²) in [6, 6.07) is 18.7. The van der Waals surface area contributed by atoms with E-state index in [1.165, 1.54) is 11.1 Å². The van der Waals surface area contributed by atoms with Gasteiger partial charge in [-0.25, -0.2) is 9.37 Å². The maximum absolute atomic E-state index is 13.3. The van der Waals surface area contributed by atoms with Crippen molar-refractivity contribution in [2.75, 3.05) is 13.6 Å². The molecular formula is C22H21FN2O. The van der Waals surface area contributed by atoms with Crippen LogP contribution in [0.15, 0.2) is 66.9 Å². The lowest BCUT2D eigenvalue weighted by molar-refractivity contribution is 0.328. The first-order chi connectivity index (χ1) is 12.7. The quantitative estimate of drug-likeness (QED) is 0.667. The van der Waals surface area contributed by atoms with Gasteiger partial charge < -0.3 is 9.64 Å². The van der Waals surface area contributed by atoms with Gasteiger partial charge in [-0.2, -0.15) is 0 Å². The number of hydrogen-bond acceptors (Lipinski definition) is 3. The fourth-order valence-corrected chi connectivity index (χ4v) is 3.57. The summed E-state index contributed by atoms with van der Waals surface area (Å²) >= 11 is 0. The second-order valence-electron chi connectivity index (χ2n) is 6.76. The average molecular weight is 348 g/mol. The second kappa shape index (κ2) is 7.26. The van der Waals surface area contributed by atoms with Gasteiger partial charge in [-0.3, -0.25) is 0 Å². The van der Waals surface area contributed by atoms with Crippen LogP contribution in [0.1, 0.15) is 29.0 Å². The number of nitrogens with zero attached hydrogens (tertiary/aromatic N) is 2. The van der Waals surface area contributed by atoms with E-state index in [0.29, 0.717) is 5.88 Å². The Morgan fingerprint density at radius 3 is 2.69 bits per heavy atom. The Labute approximate surface area is 153 Å². The highest BCUT2D eigenvalue weighted by atomic mass is 19.1. The summed E-state index contributed by atoms with van der Waals surface area (Å²) < 4.78 is 19.2. The Balaban J connectivity index is 1.68. The molecular weight excluding hydrogens is 327 g/mol. The van der Waals surface area contributed by atoms with E-state index in [2.05, 4.69) is 29.1 Å². The molecule has 26 heavy (non-hydrogen) atoms. The number of ether oxygens (including phenoxy) is 1. The molecule has 0 radical (unpaired) electrons. The molecule has 3 aromatic rings. The number of halogens is 1. The molecule has 3 nitrogen and oxygen atoms in total. The summed E-state index contributed by atoms with van der Waals surface area (Å²) in [5.41, 5.74) is 3.68. The van der Waals surface area contributed by atoms with Crippen LogP contribution in [0.25, 0.3) is 0 Å². The molecule has 4 heteroatoms. The summed E-state index contributed by atoms with van der Waals surface area (Å²) in [4.78, 5) is 6.53. The Morgan fingerprint density at radius 1 is 1.08 bits per heavy atom. The van der Waals surface area contributed by atoms with Crippen LogP contribution >= 0.6 is 0 Å². The highest BCUT2D eigenvalue weighted by Gasteiger charge is 2.23. The molecule has 0 fully saturated rings. The molecule has 1 unspecified atom stereocenters. The monoisotopic (exact) mass is 348 g/mol. The Hall–Kier alpha value is -2.72. The highest BCUT2D eigenvalue weighted by molar-refractivity contribution is 5.44. The Morgan fingerprint density at radius 2 is 1.92 bits per heavy atom. The van der Waals surface area contributed by atoms with Gasteiger partial charge >= 0.3 is 0 Å². The van der Waals surface area contributed by atoms with Gasteiger partial charge in [-0.15, -0.1) is 0 Å². The number of fused-ring (bicyclic) bond motifs is 1. The highest BCUT2D eigenvalue weighted by Crippen LogP contribution is 2.36. The van der Waals surface area contributed by atoms with Crippen LogP contribution in [0.2, 0.25) is 0 Å². The average Bonchev–Trinajstić information content (AvgIpc) is 2.81. The molecule has 4 rings (SSSR count). The molecule has 1 aromatic heterocycles. The predicted molar refractivity (Wildman–Crippen MR) is 99.9 cm³/mol. The molecule has 1 aliphatic heterocycles. The molecule has 0 aliphatic carbocycles. The minimum Gasteiger partial charge on any atom is -0.439 e. The first kappa shape index (κ1) is 16.7. The third-order valence-electron chi connectivity index (χ3n) is 4.86. The van der Waals surface area contributed by atoms with E-state index < -0.39 is 0 Å². The Bertz CT molecular complexity index is 880. The van der Waals surface area contributed by atoms with Crippen molar-refractivity contribution < 1.29 is 9.13 Å². The van der Waals surface area contributed by atoms with Crippen LogP contribution in [0.4, 0.5) is 4.39 Å². The SMILES string of the molecule is CN1CCC(c2ccc(F)cc2)c2ccc(Oc3ccccn3)cc2C1. The van der Waals surface area contributed by atoms with Crippen molar-refractivity contribution in [3.8, 4) is 11.6 Å². The standard InChI is InChI=1S/C22H21FN2O/c1-25-13-11-21(16-5-7-18(23)8-6-16)20-10-9-19(14-17(20)15-25)26-22-4-2-3-12-24-22/h2-10,12,14,21H,11,13,15H2,1H3. The third-order valence-corrected chi connectivity index (χ3v) is 4.86. The zero-order chi connectivity index (χ0) is 17.9. The fraction of sp³-hybridized carbons (Fsp3) is 0.227. The van der Waals surface area contributed by atoms with Crippen LogP contribution < -0.4 is 4.74 Å². The zero-order valence-corrected chi connectivity index (χ0v) is 14.7. The second-order valence-corrected chi connectivity index (χ2v) is 6.76. The largest absolute Gasteiger partial charge is 0.439 e. The van der Waals surface area contributed by atoms with Crippen molar-refractivity contribution >= 4 is 0 Å². The van der Waals surface area contributed by atoms with E-state index in [4.69, 9.17) is 4.74 Å². The van der Waals surface area contributed by atoms with Crippen molar-refractivity contribution in [3.05, 3.63) is 89.4 Å². The van der Waals surface area contributed by atoms with Crippen molar-refractivity contribution in [2.24, 2.45) is 0 Å². The van der Waals surface area contributed by atoms with E-state index in [1.54, 1.807) is 18.3 Å². The number of aromatic nitrogens is 1. The molecule has 1 atom stereocenters. The summed E-state index contributed by atoms with van der Waals surface area (Å²) in [6.45, 7) is 1.86. The van der Waals surface area contributed by atoms with Gasteiger partial charge in [0.25, 0.3) is 0 Å². The van der Waals surface area contributed by atoms with Gasteiger partial charge in [0.05, 0.1) is 0 Å². The molecule has 2 heterocycles. The lowest BCUT2D eigenvalue weighted by Crippen LogP contribution is -2.17. The van der Waals surface area contributed by atoms with Crippen molar-refractivity contribution in [2.45, 2.75) is 18.9 Å². The third kappa shape index (κ3) is 3.60. The van der Waals surface area contributed by atoms with Gasteiger partial charge in [0.15, 0.2) is 0 Å². The summed E-state index contributed by atoms with van der Waals surface area (Å²) in [7, 11) is 2.13. The summed E-state index contributed by atoms with van der Waals surface area (Å²) in [5, 5.41) is 0. The molecule has 2 aromatic carbocycles. The topological polar surface area (TPSA) is 25.4 Å². The first-order valence-corrected chi connectivity index (χ1v) is 8.85. The van der Waals surface area contributed by atoms with Crippen LogP contribution in [-0.4, -0.2) is 23.5 Å². The molecule has 0 saturated heterocycles. The van der Waals surface area contributed by atoms with Gasteiger partial charge in [0, 0.05) is 24.7 Å². The van der Waals surface area contributed by atoms with E-state index in [-0.39, 0.29) is 11.7 Å². The zero-order valence-electron chi connectivity index (χ0n) is 14.7. The number of rotatable bonds is 3. The van der Waals surface area contributed by atoms with Gasteiger partial charge in [0.1, 0.15) is 11.6 Å². The molecule has 0 spiro atoms. The lowest BCUT2D eigenvalue weighted by Gasteiger charge is -2.18. The maximum Gasteiger partial charge on any atom is 0.219 e. The molecule has 0 amide bonds. The minimum absolute atomic E-state index is 0.196. The maximum atomic E-state index is 13.3. The summed E-state index contributed by atoms with van der Waals surface area (Å²) in [5.74, 6) is 1.44. The molecule has 0 bridgehead atoms. The van der Waals surface area contributed by atoms with Gasteiger partial charge in [0.2, 0.25) is 5.88 Å². The lowest BCUT2D eigenvalue weighted by atomic mass is 9.86. The van der Waals surface area contributed by atoms with E-state index in [1.807, 2.05) is 36.4 Å². The first-order valence-electron chi connectivity index (χ1n) is 8.85. The van der Waals surface area contributed by atoms with Crippen LogP contribution in [0.3, 0.4) is 0 Å². The summed E-state index contributed by atoms with van der Waals surface area (Å²) in [6.07, 6.45) is 2.73. The van der Waals surface area contributed by atoms with Crippen molar-refractivity contribution in [1.29, 1.82) is 0 Å². The molecule has 0 N–H and O–H groups in total. The van der Waals surface area contributed by atoms with E-state index in [9.17, 15) is 4.39 Å². The molecule has 0 saturated carbocycles.